The molecule has 3 aromatic heterocycles. The van der Waals surface area contributed by atoms with Crippen LogP contribution in [0.1, 0.15) is 80.5 Å². The van der Waals surface area contributed by atoms with Gasteiger partial charge in [-0.05, 0) is 64.6 Å². The van der Waals surface area contributed by atoms with Crippen LogP contribution in [0.3, 0.4) is 0 Å². The van der Waals surface area contributed by atoms with Gasteiger partial charge >= 0.3 is 6.09 Å². The van der Waals surface area contributed by atoms with Gasteiger partial charge in [0.15, 0.2) is 11.5 Å². The molecular weight excluding hydrogens is 711 g/mol. The second-order valence-electron chi connectivity index (χ2n) is 16.8. The van der Waals surface area contributed by atoms with Gasteiger partial charge in [0.2, 0.25) is 5.89 Å². The number of carbonyl (C=O) groups is 2. The maximum absolute atomic E-state index is 13.2. The molecule has 0 spiro atoms. The summed E-state index contributed by atoms with van der Waals surface area (Å²) < 4.78 is 20.3. The number of nitrogens with one attached hydrogen (secondary N) is 1. The third kappa shape index (κ3) is 9.34. The molecule has 1 N–H and O–H groups in total. The minimum Gasteiger partial charge on any atom is -0.444 e. The first-order valence-electron chi connectivity index (χ1n) is 19.4. The van der Waals surface area contributed by atoms with Gasteiger partial charge in [0.25, 0.3) is 0 Å². The molecule has 5 heterocycles. The number of H-pyrrole nitrogens is 1. The number of likely N-dealkylation sites (tertiary alicyclic amines) is 2. The molecule has 290 valence electrons. The molecule has 5 aromatic rings. The molecule has 12 nitrogen and oxygen atoms in total. The Bertz CT molecular complexity index is 2080. The molecule has 0 radical (unpaired) electrons. The first-order chi connectivity index (χ1) is 26.3. The Kier molecular flexibility index (Phi) is 11.2. The van der Waals surface area contributed by atoms with E-state index in [2.05, 4.69) is 44.1 Å². The third-order valence-corrected chi connectivity index (χ3v) is 11.8. The molecule has 0 unspecified atom stereocenters. The minimum atomic E-state index is -1.26. The van der Waals surface area contributed by atoms with Crippen molar-refractivity contribution in [3.63, 3.8) is 0 Å². The Morgan fingerprint density at radius 3 is 2.40 bits per heavy atom. The van der Waals surface area contributed by atoms with Crippen molar-refractivity contribution < 1.29 is 23.5 Å². The van der Waals surface area contributed by atoms with E-state index in [1.54, 1.807) is 11.1 Å². The number of imidazole rings is 2. The molecule has 2 atom stereocenters. The molecule has 2 aliphatic heterocycles. The van der Waals surface area contributed by atoms with Crippen molar-refractivity contribution in [1.29, 1.82) is 0 Å². The number of carbonyl (C=O) groups excluding carboxylic acids is 2. The molecule has 0 saturated carbocycles. The van der Waals surface area contributed by atoms with E-state index in [-0.39, 0.29) is 24.0 Å². The van der Waals surface area contributed by atoms with E-state index in [4.69, 9.17) is 18.9 Å². The molecule has 0 bridgehead atoms. The third-order valence-electron chi connectivity index (χ3n) is 10.1. The molecule has 7 rings (SSSR count). The van der Waals surface area contributed by atoms with Gasteiger partial charge in [-0.1, -0.05) is 74.2 Å². The highest BCUT2D eigenvalue weighted by Gasteiger charge is 2.35. The molecule has 1 amide bonds. The number of nitrogens with zero attached hydrogens (tertiary/aromatic N) is 6. The van der Waals surface area contributed by atoms with Gasteiger partial charge in [-0.2, -0.15) is 0 Å². The normalized spacial score (nSPS) is 18.0. The Hall–Kier alpha value is -4.85. The highest BCUT2D eigenvalue weighted by Crippen LogP contribution is 2.36. The Morgan fingerprint density at radius 1 is 0.927 bits per heavy atom. The zero-order valence-corrected chi connectivity index (χ0v) is 33.9. The maximum atomic E-state index is 13.2. The van der Waals surface area contributed by atoms with E-state index < -0.39 is 13.7 Å². The molecule has 2 fully saturated rings. The second-order valence-corrected chi connectivity index (χ2v) is 22.5. The Balaban J connectivity index is 1.07. The maximum Gasteiger partial charge on any atom is 0.410 e. The molecule has 13 heteroatoms. The van der Waals surface area contributed by atoms with Gasteiger partial charge in [-0.25, -0.2) is 19.7 Å². The van der Waals surface area contributed by atoms with Crippen LogP contribution >= 0.6 is 0 Å². The van der Waals surface area contributed by atoms with Crippen LogP contribution in [0.2, 0.25) is 25.7 Å². The van der Waals surface area contributed by atoms with Crippen LogP contribution in [0.5, 0.6) is 0 Å². The summed E-state index contributed by atoms with van der Waals surface area (Å²) in [5.74, 6) is 2.77. The van der Waals surface area contributed by atoms with Crippen LogP contribution in [0.15, 0.2) is 77.6 Å². The lowest BCUT2D eigenvalue weighted by Gasteiger charge is -2.27. The molecule has 2 saturated heterocycles. The van der Waals surface area contributed by atoms with Crippen LogP contribution < -0.4 is 0 Å². The monoisotopic (exact) mass is 763 g/mol. The van der Waals surface area contributed by atoms with Crippen molar-refractivity contribution >= 4 is 20.0 Å². The number of benzene rings is 2. The molecule has 0 aliphatic carbocycles. The number of oxazole rings is 1. The number of rotatable bonds is 13. The van der Waals surface area contributed by atoms with Gasteiger partial charge < -0.3 is 23.4 Å². The zero-order chi connectivity index (χ0) is 38.7. The summed E-state index contributed by atoms with van der Waals surface area (Å²) in [6, 6.07) is 18.4. The molecule has 2 aliphatic rings. The van der Waals surface area contributed by atoms with E-state index in [9.17, 15) is 9.59 Å². The summed E-state index contributed by atoms with van der Waals surface area (Å²) in [6.07, 6.45) is 8.80. The van der Waals surface area contributed by atoms with Crippen LogP contribution in [0.4, 0.5) is 4.79 Å². The highest BCUT2D eigenvalue weighted by atomic mass is 28.3. The van der Waals surface area contributed by atoms with E-state index >= 15 is 0 Å². The van der Waals surface area contributed by atoms with Crippen LogP contribution in [0.25, 0.3) is 34.2 Å². The summed E-state index contributed by atoms with van der Waals surface area (Å²) in [7, 11) is -1.26. The van der Waals surface area contributed by atoms with Crippen molar-refractivity contribution in [3.05, 3.63) is 90.4 Å². The van der Waals surface area contributed by atoms with Crippen molar-refractivity contribution in [1.82, 2.24) is 34.3 Å². The van der Waals surface area contributed by atoms with Crippen molar-refractivity contribution in [2.24, 2.45) is 0 Å². The van der Waals surface area contributed by atoms with Gasteiger partial charge in [-0.3, -0.25) is 14.6 Å². The highest BCUT2D eigenvalue weighted by molar-refractivity contribution is 6.76. The number of aromatic amines is 1. The summed E-state index contributed by atoms with van der Waals surface area (Å²) in [4.78, 5) is 47.9. The lowest BCUT2D eigenvalue weighted by molar-refractivity contribution is 0.0218. The first-order valence-corrected chi connectivity index (χ1v) is 23.1. The number of ketones is 1. The summed E-state index contributed by atoms with van der Waals surface area (Å²) in [5, 5.41) is 0. The average Bonchev–Trinajstić information content (AvgIpc) is 3.99. The summed E-state index contributed by atoms with van der Waals surface area (Å²) >= 11 is 0. The second kappa shape index (κ2) is 16.1. The van der Waals surface area contributed by atoms with Crippen molar-refractivity contribution in [3.8, 4) is 34.2 Å². The zero-order valence-electron chi connectivity index (χ0n) is 32.9. The number of amides is 1. The fraction of sp³-hybridized carbons (Fsp3) is 0.452. The van der Waals surface area contributed by atoms with Gasteiger partial charge in [0.05, 0.1) is 36.7 Å². The summed E-state index contributed by atoms with van der Waals surface area (Å²) in [6.45, 7) is 15.5. The number of Topliss-reactive ketones (excluding diaryl/α,β-unsaturated/α-hetero) is 1. The molecule has 55 heavy (non-hydrogen) atoms. The van der Waals surface area contributed by atoms with Gasteiger partial charge in [0, 0.05) is 38.5 Å². The van der Waals surface area contributed by atoms with Crippen molar-refractivity contribution in [2.75, 3.05) is 26.2 Å². The minimum absolute atomic E-state index is 0.0268. The quantitative estimate of drug-likeness (QED) is 0.0709. The lowest BCUT2D eigenvalue weighted by Crippen LogP contribution is -2.36. The SMILES string of the molecule is CC(C)(C)OC(=O)N1CCC[C@H]1c1ncc(-c2ccc(-c3cnc(-c4cn(COCC[Si](C)(C)C)c([C@@H]5CCCN5CC(=O)c5ccccc5)n4)o3)cc2)[nH]1. The number of hydrogen-bond acceptors (Lipinski definition) is 9. The van der Waals surface area contributed by atoms with Crippen LogP contribution in [-0.2, 0) is 16.2 Å². The predicted molar refractivity (Wildman–Crippen MR) is 214 cm³/mol. The fourth-order valence-corrected chi connectivity index (χ4v) is 7.99. The topological polar surface area (TPSA) is 132 Å². The van der Waals surface area contributed by atoms with E-state index in [0.717, 1.165) is 72.3 Å². The first kappa shape index (κ1) is 38.4. The van der Waals surface area contributed by atoms with Crippen LogP contribution in [0, 0.1) is 0 Å². The Labute approximate surface area is 324 Å². The fourth-order valence-electron chi connectivity index (χ4n) is 7.23. The standard InChI is InChI=1S/C42H53N7O5Si/c1-42(2,3)54-41(51)49-21-11-14-34(49)38-43-24-32(45-38)29-16-18-31(19-17-29)37-25-44-40(53-37)33-26-48(28-52-22-23-55(4,5)6)39(46-33)35-15-10-20-47(35)27-36(50)30-12-8-7-9-13-30/h7-9,12-13,16-19,24-26,34-35H,10-11,14-15,20-23,27-28H2,1-6H3,(H,43,45)/t34-,35-/m0/s1. The number of hydrogen-bond donors (Lipinski definition) is 1. The summed E-state index contributed by atoms with van der Waals surface area (Å²) in [5.41, 5.74) is 3.51. The lowest BCUT2D eigenvalue weighted by atomic mass is 10.1. The van der Waals surface area contributed by atoms with Crippen molar-refractivity contribution in [2.45, 2.75) is 96.6 Å². The largest absolute Gasteiger partial charge is 0.444 e. The predicted octanol–water partition coefficient (Wildman–Crippen LogP) is 9.00. The van der Waals surface area contributed by atoms with E-state index in [1.807, 2.05) is 87.8 Å². The molecule has 2 aromatic carbocycles. The number of aromatic nitrogens is 5. The smallest absolute Gasteiger partial charge is 0.410 e. The van der Waals surface area contributed by atoms with E-state index in [0.29, 0.717) is 43.8 Å². The van der Waals surface area contributed by atoms with Crippen LogP contribution in [-0.4, -0.2) is 86.1 Å². The van der Waals surface area contributed by atoms with Gasteiger partial charge in [0.1, 0.15) is 29.7 Å². The molecular formula is C42H53N7O5Si. The number of ether oxygens (including phenoxy) is 2. The van der Waals surface area contributed by atoms with E-state index in [1.165, 1.54) is 0 Å². The van der Waals surface area contributed by atoms with Gasteiger partial charge in [-0.15, -0.1) is 0 Å². The Morgan fingerprint density at radius 2 is 1.65 bits per heavy atom. The average molecular weight is 764 g/mol.